The molecule has 0 amide bonds. The minimum atomic E-state index is -3.85. The normalized spacial score (nSPS) is 13.7. The van der Waals surface area contributed by atoms with Crippen molar-refractivity contribution in [1.82, 2.24) is 4.98 Å². The van der Waals surface area contributed by atoms with Crippen LogP contribution in [0.5, 0.6) is 0 Å². The van der Waals surface area contributed by atoms with Gasteiger partial charge in [-0.05, 0) is 48.9 Å². The van der Waals surface area contributed by atoms with E-state index >= 15 is 0 Å². The fourth-order valence-electron chi connectivity index (χ4n) is 3.11. The van der Waals surface area contributed by atoms with Crippen LogP contribution in [0.15, 0.2) is 82.5 Å². The fourth-order valence-corrected chi connectivity index (χ4v) is 4.34. The molecule has 0 fully saturated rings. The molecule has 1 aliphatic rings. The summed E-state index contributed by atoms with van der Waals surface area (Å²) in [5.41, 5.74) is 1.73. The number of sulfonamides is 1. The van der Waals surface area contributed by atoms with Crippen LogP contribution in [-0.2, 0) is 10.0 Å². The molecule has 0 aliphatic heterocycles. The van der Waals surface area contributed by atoms with Crippen LogP contribution in [0.4, 0.5) is 11.5 Å². The number of benzene rings is 2. The van der Waals surface area contributed by atoms with Gasteiger partial charge < -0.3 is 5.32 Å². The van der Waals surface area contributed by atoms with Crippen molar-refractivity contribution in [3.8, 4) is 0 Å². The van der Waals surface area contributed by atoms with Crippen molar-refractivity contribution in [3.63, 3.8) is 0 Å². The molecule has 0 spiro atoms. The molecule has 2 N–H and O–H groups in total. The number of carbonyl (C=O) groups is 2. The molecule has 9 heteroatoms. The average Bonchev–Trinajstić information content (AvgIpc) is 2.75. The maximum Gasteiger partial charge on any atom is 0.263 e. The average molecular weight is 454 g/mol. The van der Waals surface area contributed by atoms with Gasteiger partial charge in [-0.3, -0.25) is 14.3 Å². The van der Waals surface area contributed by atoms with E-state index in [0.717, 1.165) is 5.56 Å². The van der Waals surface area contributed by atoms with E-state index in [1.807, 2.05) is 6.92 Å². The number of aryl methyl sites for hydroxylation is 1. The Labute approximate surface area is 183 Å². The molecule has 2 aromatic carbocycles. The molecule has 7 nitrogen and oxygen atoms in total. The van der Waals surface area contributed by atoms with Gasteiger partial charge >= 0.3 is 0 Å². The van der Waals surface area contributed by atoms with Crippen LogP contribution in [-0.4, -0.2) is 25.0 Å². The van der Waals surface area contributed by atoms with E-state index in [1.165, 1.54) is 30.5 Å². The highest BCUT2D eigenvalue weighted by Gasteiger charge is 2.31. The summed E-state index contributed by atoms with van der Waals surface area (Å²) in [5, 5.41) is 2.62. The Bertz CT molecular complexity index is 1350. The van der Waals surface area contributed by atoms with Crippen LogP contribution < -0.4 is 10.0 Å². The summed E-state index contributed by atoms with van der Waals surface area (Å²) in [6.07, 6.45) is 1.51. The minimum Gasteiger partial charge on any atom is -0.351 e. The minimum absolute atomic E-state index is 0.0119. The third-order valence-corrected chi connectivity index (χ3v) is 6.38. The van der Waals surface area contributed by atoms with Crippen LogP contribution in [0.1, 0.15) is 26.3 Å². The number of Topliss-reactive ketones (excluding diaryl/α,β-unsaturated/α-hetero) is 2. The highest BCUT2D eigenvalue weighted by atomic mass is 35.5. The molecule has 0 saturated heterocycles. The third-order valence-electron chi connectivity index (χ3n) is 4.65. The van der Waals surface area contributed by atoms with Gasteiger partial charge in [-0.1, -0.05) is 35.9 Å². The number of nitrogens with one attached hydrogen (secondary N) is 2. The number of nitrogens with zero attached hydrogens (tertiary/aromatic N) is 1. The maximum absolute atomic E-state index is 12.8. The number of hydrogen-bond donors (Lipinski definition) is 2. The highest BCUT2D eigenvalue weighted by Crippen LogP contribution is 2.29. The molecule has 1 heterocycles. The zero-order valence-electron chi connectivity index (χ0n) is 16.2. The summed E-state index contributed by atoms with van der Waals surface area (Å²) in [6, 6.07) is 15.5. The molecule has 0 bridgehead atoms. The Hall–Kier alpha value is -3.49. The predicted octanol–water partition coefficient (Wildman–Crippen LogP) is 4.13. The Morgan fingerprint density at radius 1 is 0.903 bits per heavy atom. The number of ketones is 2. The summed E-state index contributed by atoms with van der Waals surface area (Å²) >= 11 is 6.15. The number of halogens is 1. The molecule has 1 aliphatic carbocycles. The first kappa shape index (κ1) is 20.8. The number of hydrogen-bond acceptors (Lipinski definition) is 6. The molecule has 0 radical (unpaired) electrons. The number of carbonyl (C=O) groups excluding carboxylic acids is 2. The van der Waals surface area contributed by atoms with Gasteiger partial charge in [0.2, 0.25) is 11.6 Å². The lowest BCUT2D eigenvalue weighted by Crippen LogP contribution is -2.24. The van der Waals surface area contributed by atoms with Crippen molar-refractivity contribution in [1.29, 1.82) is 0 Å². The zero-order chi connectivity index (χ0) is 22.2. The molecule has 0 saturated carbocycles. The Balaban J connectivity index is 1.57. The third kappa shape index (κ3) is 4.08. The van der Waals surface area contributed by atoms with Crippen LogP contribution >= 0.6 is 11.6 Å². The lowest BCUT2D eigenvalue weighted by molar-refractivity contribution is 0.0982. The maximum atomic E-state index is 12.8. The quantitative estimate of drug-likeness (QED) is 0.601. The van der Waals surface area contributed by atoms with Gasteiger partial charge in [-0.15, -0.1) is 0 Å². The standard InChI is InChI=1S/C22H16ClN3O4S/c1-13-10-11-24-18(12-13)26-31(29,30)15-8-6-14(7-9-15)25-20-19(23)21(27)16-4-2-3-5-17(16)22(20)28/h2-12,25H,1H3,(H,24,26). The van der Waals surface area contributed by atoms with Crippen LogP contribution in [0.25, 0.3) is 0 Å². The number of pyridine rings is 1. The van der Waals surface area contributed by atoms with E-state index in [1.54, 1.807) is 36.4 Å². The largest absolute Gasteiger partial charge is 0.351 e. The van der Waals surface area contributed by atoms with Crippen LogP contribution in [0.2, 0.25) is 0 Å². The first-order chi connectivity index (χ1) is 14.8. The van der Waals surface area contributed by atoms with Gasteiger partial charge in [0.1, 0.15) is 16.5 Å². The van der Waals surface area contributed by atoms with Crippen LogP contribution in [0.3, 0.4) is 0 Å². The summed E-state index contributed by atoms with van der Waals surface area (Å²) < 4.78 is 27.6. The Kier molecular flexibility index (Phi) is 5.34. The molecular formula is C22H16ClN3O4S. The summed E-state index contributed by atoms with van der Waals surface area (Å²) in [6.45, 7) is 1.83. The second kappa shape index (κ2) is 7.98. The number of rotatable bonds is 5. The summed E-state index contributed by atoms with van der Waals surface area (Å²) in [4.78, 5) is 29.2. The number of allylic oxidation sites excluding steroid dienone is 2. The van der Waals surface area contributed by atoms with Crippen molar-refractivity contribution < 1.29 is 18.0 Å². The molecule has 1 aromatic heterocycles. The lowest BCUT2D eigenvalue weighted by atomic mass is 9.92. The van der Waals surface area contributed by atoms with Gasteiger partial charge in [0.05, 0.1) is 4.90 Å². The van der Waals surface area contributed by atoms with Crippen molar-refractivity contribution >= 4 is 44.7 Å². The van der Waals surface area contributed by atoms with E-state index in [-0.39, 0.29) is 32.6 Å². The van der Waals surface area contributed by atoms with Gasteiger partial charge in [-0.25, -0.2) is 13.4 Å². The molecule has 0 atom stereocenters. The predicted molar refractivity (Wildman–Crippen MR) is 118 cm³/mol. The Morgan fingerprint density at radius 2 is 1.55 bits per heavy atom. The van der Waals surface area contributed by atoms with E-state index < -0.39 is 21.6 Å². The molecule has 4 rings (SSSR count). The van der Waals surface area contributed by atoms with E-state index in [0.29, 0.717) is 5.69 Å². The van der Waals surface area contributed by atoms with E-state index in [2.05, 4.69) is 15.0 Å². The van der Waals surface area contributed by atoms with Gasteiger partial charge in [0.15, 0.2) is 0 Å². The second-order valence-electron chi connectivity index (χ2n) is 6.87. The molecule has 0 unspecified atom stereocenters. The first-order valence-corrected chi connectivity index (χ1v) is 11.0. The molecule has 156 valence electrons. The van der Waals surface area contributed by atoms with Gasteiger partial charge in [0.25, 0.3) is 10.0 Å². The molecule has 3 aromatic rings. The fraction of sp³-hybridized carbons (Fsp3) is 0.0455. The molecule has 31 heavy (non-hydrogen) atoms. The Morgan fingerprint density at radius 3 is 2.19 bits per heavy atom. The van der Waals surface area contributed by atoms with E-state index in [9.17, 15) is 18.0 Å². The van der Waals surface area contributed by atoms with Crippen LogP contribution in [0, 0.1) is 6.92 Å². The molecular weight excluding hydrogens is 438 g/mol. The second-order valence-corrected chi connectivity index (χ2v) is 8.93. The van der Waals surface area contributed by atoms with Crippen molar-refractivity contribution in [2.45, 2.75) is 11.8 Å². The number of anilines is 2. The first-order valence-electron chi connectivity index (χ1n) is 9.17. The summed E-state index contributed by atoms with van der Waals surface area (Å²) in [7, 11) is -3.85. The SMILES string of the molecule is Cc1ccnc(NS(=O)(=O)c2ccc(NC3=C(Cl)C(=O)c4ccccc4C3=O)cc2)c1. The lowest BCUT2D eigenvalue weighted by Gasteiger charge is -2.19. The highest BCUT2D eigenvalue weighted by molar-refractivity contribution is 7.92. The zero-order valence-corrected chi connectivity index (χ0v) is 17.8. The van der Waals surface area contributed by atoms with Crippen molar-refractivity contribution in [3.05, 3.63) is 94.3 Å². The van der Waals surface area contributed by atoms with Crippen molar-refractivity contribution in [2.24, 2.45) is 0 Å². The van der Waals surface area contributed by atoms with Crippen molar-refractivity contribution in [2.75, 3.05) is 10.0 Å². The van der Waals surface area contributed by atoms with E-state index in [4.69, 9.17) is 11.6 Å². The number of fused-ring (bicyclic) bond motifs is 1. The topological polar surface area (TPSA) is 105 Å². The number of aromatic nitrogens is 1. The smallest absolute Gasteiger partial charge is 0.263 e. The monoisotopic (exact) mass is 453 g/mol. The summed E-state index contributed by atoms with van der Waals surface area (Å²) in [5.74, 6) is -0.651. The van der Waals surface area contributed by atoms with Gasteiger partial charge in [-0.2, -0.15) is 0 Å². The van der Waals surface area contributed by atoms with Gasteiger partial charge in [0, 0.05) is 23.0 Å².